The smallest absolute Gasteiger partial charge is 0.162 e. The largest absolute Gasteiger partial charge is 0.497 e. The van der Waals surface area contributed by atoms with E-state index in [4.69, 9.17) is 14.7 Å². The molecule has 26 heavy (non-hydrogen) atoms. The maximum Gasteiger partial charge on any atom is 0.162 e. The van der Waals surface area contributed by atoms with Crippen LogP contribution in [0.5, 0.6) is 5.75 Å². The van der Waals surface area contributed by atoms with E-state index in [-0.39, 0.29) is 0 Å². The lowest BCUT2D eigenvalue weighted by atomic mass is 10.1. The van der Waals surface area contributed by atoms with E-state index in [2.05, 4.69) is 17.4 Å². The van der Waals surface area contributed by atoms with Crippen LogP contribution >= 0.6 is 0 Å². The predicted molar refractivity (Wildman–Crippen MR) is 105 cm³/mol. The fourth-order valence-electron chi connectivity index (χ4n) is 2.87. The normalized spacial score (nSPS) is 10.7. The highest BCUT2D eigenvalue weighted by atomic mass is 16.5. The summed E-state index contributed by atoms with van der Waals surface area (Å²) in [5.41, 5.74) is 3.08. The first-order chi connectivity index (χ1) is 12.8. The van der Waals surface area contributed by atoms with E-state index in [0.717, 1.165) is 28.0 Å². The molecular formula is C22H19N3O. The van der Waals surface area contributed by atoms with Crippen molar-refractivity contribution in [1.29, 1.82) is 0 Å². The first-order valence-electron chi connectivity index (χ1n) is 8.52. The number of nitrogens with one attached hydrogen (secondary N) is 1. The molecule has 0 saturated heterocycles. The van der Waals surface area contributed by atoms with Crippen LogP contribution in [-0.4, -0.2) is 17.1 Å². The lowest BCUT2D eigenvalue weighted by Gasteiger charge is -2.12. The van der Waals surface area contributed by atoms with Crippen molar-refractivity contribution < 1.29 is 4.74 Å². The molecule has 0 aliphatic heterocycles. The van der Waals surface area contributed by atoms with Crippen molar-refractivity contribution >= 4 is 16.7 Å². The zero-order chi connectivity index (χ0) is 17.8. The van der Waals surface area contributed by atoms with Gasteiger partial charge in [0.15, 0.2) is 5.82 Å². The molecule has 3 aromatic carbocycles. The summed E-state index contributed by atoms with van der Waals surface area (Å²) in [6.07, 6.45) is 0. The summed E-state index contributed by atoms with van der Waals surface area (Å²) in [5.74, 6) is 2.30. The minimum absolute atomic E-state index is 0.693. The molecule has 4 heteroatoms. The van der Waals surface area contributed by atoms with Gasteiger partial charge in [-0.25, -0.2) is 9.97 Å². The van der Waals surface area contributed by atoms with Gasteiger partial charge in [-0.2, -0.15) is 0 Å². The van der Waals surface area contributed by atoms with Gasteiger partial charge in [0.1, 0.15) is 11.6 Å². The third-order valence-electron chi connectivity index (χ3n) is 4.24. The van der Waals surface area contributed by atoms with Crippen molar-refractivity contribution in [3.8, 4) is 17.1 Å². The van der Waals surface area contributed by atoms with E-state index in [9.17, 15) is 0 Å². The number of hydrogen-bond donors (Lipinski definition) is 1. The SMILES string of the molecule is COc1ccc2nc(-c3ccccc3)nc(NCc3ccccc3)c2c1. The Hall–Kier alpha value is -3.40. The Balaban J connectivity index is 1.78. The van der Waals surface area contributed by atoms with Crippen molar-refractivity contribution in [2.45, 2.75) is 6.54 Å². The number of aromatic nitrogens is 2. The number of ether oxygens (including phenoxy) is 1. The number of anilines is 1. The molecule has 0 bridgehead atoms. The molecule has 0 saturated carbocycles. The molecule has 0 unspecified atom stereocenters. The fraction of sp³-hybridized carbons (Fsp3) is 0.0909. The molecule has 0 atom stereocenters. The van der Waals surface area contributed by atoms with Crippen LogP contribution in [-0.2, 0) is 6.54 Å². The second-order valence-corrected chi connectivity index (χ2v) is 5.98. The molecule has 0 amide bonds. The van der Waals surface area contributed by atoms with Gasteiger partial charge in [0, 0.05) is 17.5 Å². The van der Waals surface area contributed by atoms with Crippen LogP contribution in [0.25, 0.3) is 22.3 Å². The second-order valence-electron chi connectivity index (χ2n) is 5.98. The van der Waals surface area contributed by atoms with Crippen molar-refractivity contribution in [3.05, 3.63) is 84.4 Å². The van der Waals surface area contributed by atoms with Crippen LogP contribution in [0, 0.1) is 0 Å². The molecular weight excluding hydrogens is 322 g/mol. The third kappa shape index (κ3) is 3.35. The van der Waals surface area contributed by atoms with Crippen LogP contribution in [0.15, 0.2) is 78.9 Å². The average Bonchev–Trinajstić information content (AvgIpc) is 2.73. The molecule has 4 rings (SSSR count). The van der Waals surface area contributed by atoms with Crippen molar-refractivity contribution in [1.82, 2.24) is 9.97 Å². The van der Waals surface area contributed by atoms with Crippen molar-refractivity contribution in [3.63, 3.8) is 0 Å². The van der Waals surface area contributed by atoms with Gasteiger partial charge in [-0.05, 0) is 23.8 Å². The molecule has 1 heterocycles. The monoisotopic (exact) mass is 341 g/mol. The van der Waals surface area contributed by atoms with E-state index in [1.165, 1.54) is 5.56 Å². The highest BCUT2D eigenvalue weighted by Gasteiger charge is 2.10. The quantitative estimate of drug-likeness (QED) is 0.560. The van der Waals surface area contributed by atoms with Gasteiger partial charge in [-0.3, -0.25) is 0 Å². The summed E-state index contributed by atoms with van der Waals surface area (Å²) in [5, 5.41) is 4.40. The van der Waals surface area contributed by atoms with E-state index < -0.39 is 0 Å². The molecule has 1 aromatic heterocycles. The maximum atomic E-state index is 5.37. The van der Waals surface area contributed by atoms with Gasteiger partial charge in [-0.1, -0.05) is 60.7 Å². The van der Waals surface area contributed by atoms with Crippen molar-refractivity contribution in [2.75, 3.05) is 12.4 Å². The molecule has 128 valence electrons. The highest BCUT2D eigenvalue weighted by molar-refractivity contribution is 5.91. The van der Waals surface area contributed by atoms with Crippen LogP contribution in [0.1, 0.15) is 5.56 Å². The fourth-order valence-corrected chi connectivity index (χ4v) is 2.87. The second kappa shape index (κ2) is 7.23. The van der Waals surface area contributed by atoms with Crippen LogP contribution in [0.2, 0.25) is 0 Å². The summed E-state index contributed by atoms with van der Waals surface area (Å²) in [4.78, 5) is 9.51. The minimum Gasteiger partial charge on any atom is -0.497 e. The summed E-state index contributed by atoms with van der Waals surface area (Å²) in [7, 11) is 1.66. The third-order valence-corrected chi connectivity index (χ3v) is 4.24. The standard InChI is InChI=1S/C22H19N3O/c1-26-18-12-13-20-19(14-18)22(23-15-16-8-4-2-5-9-16)25-21(24-20)17-10-6-3-7-11-17/h2-14H,15H2,1H3,(H,23,24,25). The van der Waals surface area contributed by atoms with Gasteiger partial charge in [-0.15, -0.1) is 0 Å². The van der Waals surface area contributed by atoms with Gasteiger partial charge in [0.05, 0.1) is 12.6 Å². The zero-order valence-electron chi connectivity index (χ0n) is 14.5. The lowest BCUT2D eigenvalue weighted by Crippen LogP contribution is -2.04. The molecule has 4 aromatic rings. The molecule has 4 nitrogen and oxygen atoms in total. The Bertz CT molecular complexity index is 1020. The minimum atomic E-state index is 0.693. The Labute approximate surface area is 152 Å². The lowest BCUT2D eigenvalue weighted by molar-refractivity contribution is 0.415. The summed E-state index contributed by atoms with van der Waals surface area (Å²) in [6.45, 7) is 0.693. The van der Waals surface area contributed by atoms with E-state index in [1.54, 1.807) is 7.11 Å². The predicted octanol–water partition coefficient (Wildman–Crippen LogP) is 4.92. The summed E-state index contributed by atoms with van der Waals surface area (Å²) < 4.78 is 5.37. The number of rotatable bonds is 5. The van der Waals surface area contributed by atoms with Gasteiger partial charge >= 0.3 is 0 Å². The van der Waals surface area contributed by atoms with Gasteiger partial charge < -0.3 is 10.1 Å². The van der Waals surface area contributed by atoms with Gasteiger partial charge in [0.25, 0.3) is 0 Å². The van der Waals surface area contributed by atoms with E-state index >= 15 is 0 Å². The Morgan fingerprint density at radius 3 is 2.31 bits per heavy atom. The average molecular weight is 341 g/mol. The Morgan fingerprint density at radius 1 is 0.846 bits per heavy atom. The number of hydrogen-bond acceptors (Lipinski definition) is 4. The number of benzene rings is 3. The highest BCUT2D eigenvalue weighted by Crippen LogP contribution is 2.28. The molecule has 0 spiro atoms. The molecule has 1 N–H and O–H groups in total. The molecule has 0 aliphatic carbocycles. The first kappa shape index (κ1) is 16.1. The van der Waals surface area contributed by atoms with Crippen LogP contribution in [0.3, 0.4) is 0 Å². The first-order valence-corrected chi connectivity index (χ1v) is 8.52. The van der Waals surface area contributed by atoms with Crippen LogP contribution in [0.4, 0.5) is 5.82 Å². The maximum absolute atomic E-state index is 5.37. The van der Waals surface area contributed by atoms with E-state index in [1.807, 2.05) is 66.7 Å². The van der Waals surface area contributed by atoms with Crippen LogP contribution < -0.4 is 10.1 Å². The topological polar surface area (TPSA) is 47.0 Å². The molecule has 0 aliphatic rings. The van der Waals surface area contributed by atoms with E-state index in [0.29, 0.717) is 12.4 Å². The number of nitrogens with zero attached hydrogens (tertiary/aromatic N) is 2. The molecule has 0 fully saturated rings. The Morgan fingerprint density at radius 2 is 1.58 bits per heavy atom. The number of methoxy groups -OCH3 is 1. The zero-order valence-corrected chi connectivity index (χ0v) is 14.5. The Kier molecular flexibility index (Phi) is 4.48. The summed E-state index contributed by atoms with van der Waals surface area (Å²) in [6, 6.07) is 26.1. The summed E-state index contributed by atoms with van der Waals surface area (Å²) >= 11 is 0. The molecule has 0 radical (unpaired) electrons. The van der Waals surface area contributed by atoms with Gasteiger partial charge in [0.2, 0.25) is 0 Å². The van der Waals surface area contributed by atoms with Crippen molar-refractivity contribution in [2.24, 2.45) is 0 Å². The number of fused-ring (bicyclic) bond motifs is 1.